The minimum atomic E-state index is 0.506. The van der Waals surface area contributed by atoms with E-state index >= 15 is 0 Å². The molecule has 0 aliphatic rings. The van der Waals surface area contributed by atoms with Crippen LogP contribution in [0.15, 0.2) is 48.5 Å². The van der Waals surface area contributed by atoms with Crippen LogP contribution in [-0.2, 0) is 0 Å². The van der Waals surface area contributed by atoms with Gasteiger partial charge in [-0.05, 0) is 30.5 Å². The number of halogens is 1. The molecule has 0 amide bonds. The van der Waals surface area contributed by atoms with Crippen molar-refractivity contribution in [2.75, 3.05) is 0 Å². The Kier molecular flexibility index (Phi) is 4.04. The second-order valence-electron chi connectivity index (χ2n) is 4.49. The van der Waals surface area contributed by atoms with Crippen molar-refractivity contribution in [1.29, 1.82) is 5.26 Å². The maximum absolute atomic E-state index is 9.36. The predicted molar refractivity (Wildman–Crippen MR) is 80.6 cm³/mol. The van der Waals surface area contributed by atoms with Gasteiger partial charge in [-0.25, -0.2) is 0 Å². The largest absolute Gasteiger partial charge is 0.192 e. The highest BCUT2D eigenvalue weighted by atomic mass is 35.5. The Hall–Kier alpha value is -2.04. The van der Waals surface area contributed by atoms with Gasteiger partial charge in [0.05, 0.1) is 10.6 Å². The van der Waals surface area contributed by atoms with Crippen LogP contribution in [0.3, 0.4) is 0 Å². The van der Waals surface area contributed by atoms with Crippen molar-refractivity contribution in [2.24, 2.45) is 0 Å². The first-order chi connectivity index (χ1) is 9.13. The van der Waals surface area contributed by atoms with Crippen LogP contribution >= 0.6 is 11.6 Å². The number of hydrogen-bond acceptors (Lipinski definition) is 1. The van der Waals surface area contributed by atoms with Gasteiger partial charge in [-0.3, -0.25) is 0 Å². The molecular weight excluding hydrogens is 254 g/mol. The van der Waals surface area contributed by atoms with Crippen LogP contribution in [0.5, 0.6) is 0 Å². The van der Waals surface area contributed by atoms with Gasteiger partial charge < -0.3 is 0 Å². The summed E-state index contributed by atoms with van der Waals surface area (Å²) in [5, 5.41) is 9.87. The molecule has 1 nitrogen and oxygen atoms in total. The molecule has 0 aliphatic carbocycles. The molecule has 0 fully saturated rings. The number of aryl methyl sites for hydroxylation is 2. The number of rotatable bonds is 2. The molecule has 0 bridgehead atoms. The molecule has 19 heavy (non-hydrogen) atoms. The first kappa shape index (κ1) is 13.4. The molecule has 2 aromatic carbocycles. The van der Waals surface area contributed by atoms with Gasteiger partial charge in [-0.15, -0.1) is 0 Å². The zero-order valence-corrected chi connectivity index (χ0v) is 11.7. The van der Waals surface area contributed by atoms with Crippen LogP contribution in [0.2, 0.25) is 0 Å². The number of benzene rings is 2. The number of nitrogens with zero attached hydrogens (tertiary/aromatic N) is 1. The van der Waals surface area contributed by atoms with Crippen molar-refractivity contribution in [3.63, 3.8) is 0 Å². The van der Waals surface area contributed by atoms with Crippen LogP contribution in [0, 0.1) is 25.2 Å². The maximum atomic E-state index is 9.36. The van der Waals surface area contributed by atoms with Gasteiger partial charge in [-0.1, -0.05) is 65.7 Å². The van der Waals surface area contributed by atoms with Crippen LogP contribution in [-0.4, -0.2) is 0 Å². The fourth-order valence-electron chi connectivity index (χ4n) is 2.04. The van der Waals surface area contributed by atoms with Crippen molar-refractivity contribution >= 4 is 22.2 Å². The molecule has 2 aromatic rings. The quantitative estimate of drug-likeness (QED) is 0.559. The Morgan fingerprint density at radius 3 is 2.32 bits per heavy atom. The van der Waals surface area contributed by atoms with Crippen LogP contribution < -0.4 is 0 Å². The molecule has 0 aliphatic heterocycles. The Bertz CT molecular complexity index is 663. The standard InChI is InChI=1S/C17H14ClN/c1-12-8-9-15(13(2)10-12)17(18)16(11-19)14-6-4-3-5-7-14/h3-10H,1-2H3. The molecule has 0 saturated heterocycles. The lowest BCUT2D eigenvalue weighted by Gasteiger charge is -2.08. The summed E-state index contributed by atoms with van der Waals surface area (Å²) in [5.41, 5.74) is 4.52. The van der Waals surface area contributed by atoms with E-state index < -0.39 is 0 Å². The van der Waals surface area contributed by atoms with E-state index in [4.69, 9.17) is 11.6 Å². The smallest absolute Gasteiger partial charge is 0.101 e. The molecule has 0 aromatic heterocycles. The minimum absolute atomic E-state index is 0.506. The van der Waals surface area contributed by atoms with Crippen LogP contribution in [0.25, 0.3) is 10.6 Å². The molecular formula is C17H14ClN. The molecule has 0 N–H and O–H groups in total. The summed E-state index contributed by atoms with van der Waals surface area (Å²) in [6.45, 7) is 4.04. The second kappa shape index (κ2) is 5.73. The first-order valence-electron chi connectivity index (χ1n) is 6.06. The summed E-state index contributed by atoms with van der Waals surface area (Å²) in [4.78, 5) is 0. The Morgan fingerprint density at radius 1 is 1.05 bits per heavy atom. The molecule has 0 radical (unpaired) electrons. The van der Waals surface area contributed by atoms with E-state index in [1.54, 1.807) is 0 Å². The molecule has 0 saturated carbocycles. The average molecular weight is 268 g/mol. The number of nitriles is 1. The molecule has 0 heterocycles. The summed E-state index contributed by atoms with van der Waals surface area (Å²) in [7, 11) is 0. The van der Waals surface area contributed by atoms with Crippen LogP contribution in [0.4, 0.5) is 0 Å². The van der Waals surface area contributed by atoms with Gasteiger partial charge in [-0.2, -0.15) is 5.26 Å². The van der Waals surface area contributed by atoms with Crippen molar-refractivity contribution < 1.29 is 0 Å². The second-order valence-corrected chi connectivity index (χ2v) is 4.86. The third-order valence-electron chi connectivity index (χ3n) is 3.01. The SMILES string of the molecule is Cc1ccc(C(Cl)=C(C#N)c2ccccc2)c(C)c1. The fourth-order valence-corrected chi connectivity index (χ4v) is 2.40. The van der Waals surface area contributed by atoms with Crippen molar-refractivity contribution in [3.05, 3.63) is 70.8 Å². The van der Waals surface area contributed by atoms with E-state index in [-0.39, 0.29) is 0 Å². The average Bonchev–Trinajstić information content (AvgIpc) is 2.40. The Balaban J connectivity index is 2.59. The Morgan fingerprint density at radius 2 is 1.74 bits per heavy atom. The molecule has 0 atom stereocenters. The van der Waals surface area contributed by atoms with Gasteiger partial charge in [0.1, 0.15) is 6.07 Å². The van der Waals surface area contributed by atoms with Gasteiger partial charge in [0, 0.05) is 0 Å². The summed E-state index contributed by atoms with van der Waals surface area (Å²) in [6.07, 6.45) is 0. The zero-order valence-electron chi connectivity index (χ0n) is 10.9. The van der Waals surface area contributed by atoms with E-state index in [9.17, 15) is 5.26 Å². The summed E-state index contributed by atoms with van der Waals surface area (Å²) in [5.74, 6) is 0. The fraction of sp³-hybridized carbons (Fsp3) is 0.118. The van der Waals surface area contributed by atoms with E-state index in [2.05, 4.69) is 12.1 Å². The van der Waals surface area contributed by atoms with Gasteiger partial charge in [0.2, 0.25) is 0 Å². The molecule has 2 heteroatoms. The van der Waals surface area contributed by atoms with Crippen molar-refractivity contribution in [2.45, 2.75) is 13.8 Å². The summed E-state index contributed by atoms with van der Waals surface area (Å²) < 4.78 is 0. The lowest BCUT2D eigenvalue weighted by Crippen LogP contribution is -1.90. The highest BCUT2D eigenvalue weighted by Gasteiger charge is 2.11. The molecule has 94 valence electrons. The van der Waals surface area contributed by atoms with E-state index in [1.807, 2.05) is 56.3 Å². The lowest BCUT2D eigenvalue weighted by atomic mass is 10.00. The van der Waals surface area contributed by atoms with Crippen molar-refractivity contribution in [3.8, 4) is 6.07 Å². The van der Waals surface area contributed by atoms with Gasteiger partial charge >= 0.3 is 0 Å². The van der Waals surface area contributed by atoms with E-state index in [0.29, 0.717) is 10.6 Å². The number of allylic oxidation sites excluding steroid dienone is 1. The lowest BCUT2D eigenvalue weighted by molar-refractivity contribution is 1.36. The normalized spacial score (nSPS) is 11.7. The highest BCUT2D eigenvalue weighted by molar-refractivity contribution is 6.53. The predicted octanol–water partition coefficient (Wildman–Crippen LogP) is 4.93. The first-order valence-corrected chi connectivity index (χ1v) is 6.44. The molecule has 2 rings (SSSR count). The summed E-state index contributed by atoms with van der Waals surface area (Å²) >= 11 is 6.42. The van der Waals surface area contributed by atoms with Gasteiger partial charge in [0.25, 0.3) is 0 Å². The van der Waals surface area contributed by atoms with Gasteiger partial charge in [0.15, 0.2) is 0 Å². The summed E-state index contributed by atoms with van der Waals surface area (Å²) in [6, 6.07) is 17.8. The third-order valence-corrected chi connectivity index (χ3v) is 3.40. The van der Waals surface area contributed by atoms with E-state index in [1.165, 1.54) is 5.56 Å². The van der Waals surface area contributed by atoms with Crippen LogP contribution in [0.1, 0.15) is 22.3 Å². The zero-order chi connectivity index (χ0) is 13.8. The minimum Gasteiger partial charge on any atom is -0.192 e. The Labute approximate surface area is 118 Å². The highest BCUT2D eigenvalue weighted by Crippen LogP contribution is 2.31. The van der Waals surface area contributed by atoms with Crippen molar-refractivity contribution in [1.82, 2.24) is 0 Å². The van der Waals surface area contributed by atoms with E-state index in [0.717, 1.165) is 16.7 Å². The molecule has 0 unspecified atom stereocenters. The monoisotopic (exact) mass is 267 g/mol. The maximum Gasteiger partial charge on any atom is 0.101 e. The molecule has 0 spiro atoms. The topological polar surface area (TPSA) is 23.8 Å². The number of hydrogen-bond donors (Lipinski definition) is 0. The third kappa shape index (κ3) is 2.86.